The third-order valence-corrected chi connectivity index (χ3v) is 4.67. The van der Waals surface area contributed by atoms with Crippen LogP contribution in [0.5, 0.6) is 0 Å². The van der Waals surface area contributed by atoms with Crippen LogP contribution in [0.4, 0.5) is 19.0 Å². The summed E-state index contributed by atoms with van der Waals surface area (Å²) in [5.41, 5.74) is 0.612. The van der Waals surface area contributed by atoms with Crippen LogP contribution >= 0.6 is 0 Å². The molecule has 0 aliphatic carbocycles. The number of aryl methyl sites for hydroxylation is 1. The zero-order chi connectivity index (χ0) is 20.6. The summed E-state index contributed by atoms with van der Waals surface area (Å²) >= 11 is 0. The van der Waals surface area contributed by atoms with E-state index in [1.54, 1.807) is 15.9 Å². The van der Waals surface area contributed by atoms with Gasteiger partial charge in [0.25, 0.3) is 5.91 Å². The first-order valence-corrected chi connectivity index (χ1v) is 9.00. The van der Waals surface area contributed by atoms with Crippen molar-refractivity contribution < 1.29 is 18.0 Å². The van der Waals surface area contributed by atoms with E-state index in [-0.39, 0.29) is 23.2 Å². The first kappa shape index (κ1) is 19.0. The highest BCUT2D eigenvalue weighted by atomic mass is 19.4. The van der Waals surface area contributed by atoms with E-state index in [1.807, 2.05) is 18.2 Å². The van der Waals surface area contributed by atoms with Crippen molar-refractivity contribution in [1.29, 1.82) is 0 Å². The van der Waals surface area contributed by atoms with Crippen LogP contribution in [0.3, 0.4) is 0 Å². The Morgan fingerprint density at radius 1 is 1.00 bits per heavy atom. The van der Waals surface area contributed by atoms with Gasteiger partial charge in [0.05, 0.1) is 17.2 Å². The van der Waals surface area contributed by atoms with E-state index in [2.05, 4.69) is 19.9 Å². The maximum atomic E-state index is 13.0. The molecule has 1 amide bonds. The molecule has 0 atom stereocenters. The summed E-state index contributed by atoms with van der Waals surface area (Å²) in [5.74, 6) is 0.0138. The number of para-hydroxylation sites is 2. The first-order chi connectivity index (χ1) is 13.8. The fourth-order valence-electron chi connectivity index (χ4n) is 3.22. The molecule has 29 heavy (non-hydrogen) atoms. The van der Waals surface area contributed by atoms with Crippen molar-refractivity contribution in [2.75, 3.05) is 31.1 Å². The van der Waals surface area contributed by atoms with Crippen LogP contribution in [0.2, 0.25) is 0 Å². The van der Waals surface area contributed by atoms with Gasteiger partial charge >= 0.3 is 6.18 Å². The van der Waals surface area contributed by atoms with E-state index < -0.39 is 11.9 Å². The molecule has 0 radical (unpaired) electrons. The molecule has 10 heteroatoms. The number of hydrogen-bond acceptors (Lipinski definition) is 6. The quantitative estimate of drug-likeness (QED) is 0.656. The van der Waals surface area contributed by atoms with Crippen molar-refractivity contribution in [3.8, 4) is 0 Å². The van der Waals surface area contributed by atoms with Gasteiger partial charge in [-0.2, -0.15) is 13.2 Å². The van der Waals surface area contributed by atoms with Crippen molar-refractivity contribution in [1.82, 2.24) is 24.8 Å². The lowest BCUT2D eigenvalue weighted by Gasteiger charge is -2.35. The van der Waals surface area contributed by atoms with E-state index in [0.717, 1.165) is 6.07 Å². The molecule has 150 valence electrons. The van der Waals surface area contributed by atoms with Gasteiger partial charge in [-0.15, -0.1) is 0 Å². The van der Waals surface area contributed by atoms with Crippen molar-refractivity contribution in [3.05, 3.63) is 53.7 Å². The van der Waals surface area contributed by atoms with Crippen LogP contribution in [-0.2, 0) is 6.18 Å². The number of carbonyl (C=O) groups is 1. The largest absolute Gasteiger partial charge is 0.433 e. The SMILES string of the molecule is Cc1nc(N2CCN(C(=O)c3cnc4ccccc4n3)CC2)cc(C(F)(F)F)n1. The molecular weight excluding hydrogens is 385 g/mol. The van der Waals surface area contributed by atoms with E-state index in [1.165, 1.54) is 13.1 Å². The number of carbonyl (C=O) groups excluding carboxylic acids is 1. The molecule has 3 aromatic rings. The van der Waals surface area contributed by atoms with Gasteiger partial charge in [0.15, 0.2) is 0 Å². The summed E-state index contributed by atoms with van der Waals surface area (Å²) < 4.78 is 39.0. The second kappa shape index (κ2) is 7.26. The molecule has 7 nitrogen and oxygen atoms in total. The summed E-state index contributed by atoms with van der Waals surface area (Å²) in [5, 5.41) is 0. The normalized spacial score (nSPS) is 15.0. The number of nitrogens with zero attached hydrogens (tertiary/aromatic N) is 6. The molecule has 0 N–H and O–H groups in total. The standard InChI is InChI=1S/C19H17F3N6O/c1-12-24-16(19(20,21)22)10-17(25-12)27-6-8-28(9-7-27)18(29)15-11-23-13-4-2-3-5-14(13)26-15/h2-5,10-11H,6-9H2,1H3. The minimum atomic E-state index is -4.53. The first-order valence-electron chi connectivity index (χ1n) is 9.00. The minimum absolute atomic E-state index is 0.0553. The summed E-state index contributed by atoms with van der Waals surface area (Å²) in [6, 6.07) is 8.21. The second-order valence-corrected chi connectivity index (χ2v) is 6.68. The molecule has 0 spiro atoms. The van der Waals surface area contributed by atoms with Gasteiger partial charge in [-0.3, -0.25) is 9.78 Å². The van der Waals surface area contributed by atoms with Gasteiger partial charge in [0.2, 0.25) is 0 Å². The predicted octanol–water partition coefficient (Wildman–Crippen LogP) is 2.71. The maximum absolute atomic E-state index is 13.0. The third kappa shape index (κ3) is 3.96. The van der Waals surface area contributed by atoms with Gasteiger partial charge in [0, 0.05) is 32.2 Å². The highest BCUT2D eigenvalue weighted by Gasteiger charge is 2.34. The Bertz CT molecular complexity index is 1060. The van der Waals surface area contributed by atoms with Gasteiger partial charge in [-0.25, -0.2) is 15.0 Å². The van der Waals surface area contributed by atoms with Crippen LogP contribution in [0.15, 0.2) is 36.5 Å². The molecule has 1 saturated heterocycles. The van der Waals surface area contributed by atoms with Crippen LogP contribution in [-0.4, -0.2) is 56.9 Å². The van der Waals surface area contributed by atoms with E-state index in [9.17, 15) is 18.0 Å². The second-order valence-electron chi connectivity index (χ2n) is 6.68. The summed E-state index contributed by atoms with van der Waals surface area (Å²) in [6.07, 6.45) is -3.09. The number of hydrogen-bond donors (Lipinski definition) is 0. The van der Waals surface area contributed by atoms with Crippen LogP contribution in [0.1, 0.15) is 22.0 Å². The van der Waals surface area contributed by atoms with Gasteiger partial charge < -0.3 is 9.80 Å². The highest BCUT2D eigenvalue weighted by molar-refractivity contribution is 5.94. The number of piperazine rings is 1. The molecule has 3 heterocycles. The number of rotatable bonds is 2. The monoisotopic (exact) mass is 402 g/mol. The average molecular weight is 402 g/mol. The number of halogens is 3. The zero-order valence-electron chi connectivity index (χ0n) is 15.5. The maximum Gasteiger partial charge on any atom is 0.433 e. The number of benzene rings is 1. The Hall–Kier alpha value is -3.30. The molecule has 1 aliphatic heterocycles. The number of amides is 1. The lowest BCUT2D eigenvalue weighted by atomic mass is 10.2. The molecule has 1 aromatic carbocycles. The van der Waals surface area contributed by atoms with Gasteiger partial charge in [-0.1, -0.05) is 12.1 Å². The van der Waals surface area contributed by atoms with E-state index in [0.29, 0.717) is 37.2 Å². The van der Waals surface area contributed by atoms with Crippen molar-refractivity contribution in [2.45, 2.75) is 13.1 Å². The lowest BCUT2D eigenvalue weighted by Crippen LogP contribution is -2.49. The predicted molar refractivity (Wildman–Crippen MR) is 99.4 cm³/mol. The van der Waals surface area contributed by atoms with Crippen LogP contribution in [0.25, 0.3) is 11.0 Å². The molecule has 1 aliphatic rings. The smallest absolute Gasteiger partial charge is 0.353 e. The Morgan fingerprint density at radius 3 is 2.38 bits per heavy atom. The molecule has 0 saturated carbocycles. The minimum Gasteiger partial charge on any atom is -0.353 e. The highest BCUT2D eigenvalue weighted by Crippen LogP contribution is 2.30. The molecule has 1 fully saturated rings. The van der Waals surface area contributed by atoms with Crippen molar-refractivity contribution in [2.24, 2.45) is 0 Å². The van der Waals surface area contributed by atoms with Gasteiger partial charge in [-0.05, 0) is 19.1 Å². The Kier molecular flexibility index (Phi) is 4.77. The average Bonchev–Trinajstić information content (AvgIpc) is 2.72. The number of aromatic nitrogens is 4. The summed E-state index contributed by atoms with van der Waals surface area (Å²) in [7, 11) is 0. The molecule has 4 rings (SSSR count). The fraction of sp³-hybridized carbons (Fsp3) is 0.316. The number of alkyl halides is 3. The summed E-state index contributed by atoms with van der Waals surface area (Å²) in [4.78, 5) is 32.3. The fourth-order valence-corrected chi connectivity index (χ4v) is 3.22. The molecular formula is C19H17F3N6O. The van der Waals surface area contributed by atoms with Crippen LogP contribution < -0.4 is 4.90 Å². The van der Waals surface area contributed by atoms with Crippen molar-refractivity contribution in [3.63, 3.8) is 0 Å². The lowest BCUT2D eigenvalue weighted by molar-refractivity contribution is -0.141. The third-order valence-electron chi connectivity index (χ3n) is 4.67. The van der Waals surface area contributed by atoms with E-state index in [4.69, 9.17) is 0 Å². The number of fused-ring (bicyclic) bond motifs is 1. The molecule has 0 bridgehead atoms. The van der Waals surface area contributed by atoms with Crippen molar-refractivity contribution >= 4 is 22.8 Å². The Balaban J connectivity index is 1.47. The van der Waals surface area contributed by atoms with E-state index >= 15 is 0 Å². The van der Waals surface area contributed by atoms with Gasteiger partial charge in [0.1, 0.15) is 23.0 Å². The number of anilines is 1. The molecule has 0 unspecified atom stereocenters. The zero-order valence-corrected chi connectivity index (χ0v) is 15.5. The molecule has 2 aromatic heterocycles. The Labute approximate surface area is 164 Å². The van der Waals surface area contributed by atoms with Crippen LogP contribution in [0, 0.1) is 6.92 Å². The Morgan fingerprint density at radius 2 is 1.69 bits per heavy atom. The topological polar surface area (TPSA) is 75.1 Å². The summed E-state index contributed by atoms with van der Waals surface area (Å²) in [6.45, 7) is 2.84.